The van der Waals surface area contributed by atoms with Gasteiger partial charge in [0.25, 0.3) is 0 Å². The molecule has 0 amide bonds. The summed E-state index contributed by atoms with van der Waals surface area (Å²) in [6.45, 7) is 2.19. The van der Waals surface area contributed by atoms with E-state index in [4.69, 9.17) is 4.74 Å². The zero-order chi connectivity index (χ0) is 9.26. The van der Waals surface area contributed by atoms with E-state index in [-0.39, 0.29) is 0 Å². The van der Waals surface area contributed by atoms with E-state index in [0.717, 1.165) is 23.0 Å². The maximum atomic E-state index is 5.75. The zero-order valence-electron chi connectivity index (χ0n) is 7.72. The maximum Gasteiger partial charge on any atom is 0.123 e. The Morgan fingerprint density at radius 3 is 3.08 bits per heavy atom. The van der Waals surface area contributed by atoms with Crippen LogP contribution in [-0.2, 0) is 12.8 Å². The van der Waals surface area contributed by atoms with Crippen molar-refractivity contribution in [2.75, 3.05) is 4.43 Å². The summed E-state index contributed by atoms with van der Waals surface area (Å²) in [4.78, 5) is 0. The van der Waals surface area contributed by atoms with Crippen molar-refractivity contribution in [3.05, 3.63) is 29.3 Å². The molecule has 0 fully saturated rings. The predicted octanol–water partition coefficient (Wildman–Crippen LogP) is 2.99. The van der Waals surface area contributed by atoms with Crippen molar-refractivity contribution < 1.29 is 4.74 Å². The first-order valence-corrected chi connectivity index (χ1v) is 6.20. The van der Waals surface area contributed by atoms with Crippen LogP contribution in [0.2, 0.25) is 0 Å². The van der Waals surface area contributed by atoms with Gasteiger partial charge < -0.3 is 4.74 Å². The third-order valence-electron chi connectivity index (χ3n) is 2.45. The predicted molar refractivity (Wildman–Crippen MR) is 62.8 cm³/mol. The number of halogens is 1. The molecule has 0 bridgehead atoms. The van der Waals surface area contributed by atoms with Crippen LogP contribution in [0.15, 0.2) is 18.2 Å². The molecule has 0 radical (unpaired) electrons. The lowest BCUT2D eigenvalue weighted by molar-refractivity contribution is 0.262. The normalized spacial score (nSPS) is 19.7. The second kappa shape index (κ2) is 3.86. The van der Waals surface area contributed by atoms with Crippen LogP contribution in [0.3, 0.4) is 0 Å². The van der Waals surface area contributed by atoms with Crippen molar-refractivity contribution in [1.29, 1.82) is 0 Å². The molecule has 0 spiro atoms. The summed E-state index contributed by atoms with van der Waals surface area (Å²) in [6, 6.07) is 6.55. The van der Waals surface area contributed by atoms with Gasteiger partial charge in [-0.25, -0.2) is 0 Å². The molecule has 0 unspecified atom stereocenters. The van der Waals surface area contributed by atoms with E-state index in [1.54, 1.807) is 0 Å². The average molecular weight is 288 g/mol. The molecular formula is C11H13IO. The second-order valence-corrected chi connectivity index (χ2v) is 4.27. The van der Waals surface area contributed by atoms with E-state index in [0.29, 0.717) is 6.10 Å². The lowest BCUT2D eigenvalue weighted by Crippen LogP contribution is -2.13. The summed E-state index contributed by atoms with van der Waals surface area (Å²) in [5.41, 5.74) is 2.80. The lowest BCUT2D eigenvalue weighted by Gasteiger charge is -2.04. The van der Waals surface area contributed by atoms with Crippen LogP contribution in [0, 0.1) is 0 Å². The van der Waals surface area contributed by atoms with Gasteiger partial charge in [-0.15, -0.1) is 0 Å². The fourth-order valence-corrected chi connectivity index (χ4v) is 2.17. The first-order valence-electron chi connectivity index (χ1n) is 4.68. The van der Waals surface area contributed by atoms with E-state index >= 15 is 0 Å². The highest BCUT2D eigenvalue weighted by Crippen LogP contribution is 2.30. The number of benzene rings is 1. The lowest BCUT2D eigenvalue weighted by atomic mass is 10.1. The summed E-state index contributed by atoms with van der Waals surface area (Å²) in [6.07, 6.45) is 2.61. The largest absolute Gasteiger partial charge is 0.489 e. The molecule has 13 heavy (non-hydrogen) atoms. The van der Waals surface area contributed by atoms with Crippen LogP contribution in [0.5, 0.6) is 5.75 Å². The highest BCUT2D eigenvalue weighted by molar-refractivity contribution is 14.1. The first kappa shape index (κ1) is 9.31. The van der Waals surface area contributed by atoms with Gasteiger partial charge in [0.05, 0.1) is 0 Å². The van der Waals surface area contributed by atoms with Gasteiger partial charge in [0.15, 0.2) is 0 Å². The Labute approximate surface area is 92.6 Å². The molecule has 1 heterocycles. The van der Waals surface area contributed by atoms with Gasteiger partial charge in [0.1, 0.15) is 11.9 Å². The molecule has 2 heteroatoms. The SMILES string of the molecule is CCc1ccc2c(c1)C[C@@H](CI)O2. The van der Waals surface area contributed by atoms with Gasteiger partial charge in [-0.2, -0.15) is 0 Å². The smallest absolute Gasteiger partial charge is 0.123 e. The number of alkyl halides is 1. The Kier molecular flexibility index (Phi) is 2.77. The monoisotopic (exact) mass is 288 g/mol. The minimum atomic E-state index is 0.405. The Hall–Kier alpha value is -0.250. The Bertz CT molecular complexity index is 309. The van der Waals surface area contributed by atoms with Crippen LogP contribution in [0.4, 0.5) is 0 Å². The first-order chi connectivity index (χ1) is 6.33. The van der Waals surface area contributed by atoms with Crippen molar-refractivity contribution in [2.45, 2.75) is 25.9 Å². The van der Waals surface area contributed by atoms with Crippen LogP contribution in [-0.4, -0.2) is 10.5 Å². The maximum absolute atomic E-state index is 5.75. The molecule has 0 N–H and O–H groups in total. The highest BCUT2D eigenvalue weighted by Gasteiger charge is 2.21. The molecule has 0 saturated carbocycles. The third kappa shape index (κ3) is 1.82. The minimum Gasteiger partial charge on any atom is -0.489 e. The standard InChI is InChI=1S/C11H13IO/c1-2-8-3-4-11-9(5-8)6-10(7-12)13-11/h3-5,10H,2,6-7H2,1H3/t10-/m0/s1. The average Bonchev–Trinajstić information content (AvgIpc) is 2.58. The number of aryl methyl sites for hydroxylation is 1. The van der Waals surface area contributed by atoms with Crippen LogP contribution >= 0.6 is 22.6 Å². The molecule has 1 aromatic rings. The number of fused-ring (bicyclic) bond motifs is 1. The van der Waals surface area contributed by atoms with Crippen LogP contribution in [0.25, 0.3) is 0 Å². The highest BCUT2D eigenvalue weighted by atomic mass is 127. The molecule has 1 atom stereocenters. The number of rotatable bonds is 2. The quantitative estimate of drug-likeness (QED) is 0.600. The molecule has 1 aromatic carbocycles. The van der Waals surface area contributed by atoms with Gasteiger partial charge in [0, 0.05) is 10.8 Å². The van der Waals surface area contributed by atoms with Crippen molar-refractivity contribution in [3.8, 4) is 5.75 Å². The molecule has 2 rings (SSSR count). The fourth-order valence-electron chi connectivity index (χ4n) is 1.68. The van der Waals surface area contributed by atoms with E-state index in [1.807, 2.05) is 0 Å². The summed E-state index contributed by atoms with van der Waals surface area (Å²) < 4.78 is 6.83. The number of ether oxygens (including phenoxy) is 1. The molecule has 0 aliphatic carbocycles. The topological polar surface area (TPSA) is 9.23 Å². The van der Waals surface area contributed by atoms with Gasteiger partial charge in [-0.05, 0) is 23.6 Å². The number of hydrogen-bond acceptors (Lipinski definition) is 1. The summed E-state index contributed by atoms with van der Waals surface area (Å²) in [7, 11) is 0. The van der Waals surface area contributed by atoms with E-state index in [2.05, 4.69) is 47.7 Å². The van der Waals surface area contributed by atoms with Crippen LogP contribution < -0.4 is 4.74 Å². The third-order valence-corrected chi connectivity index (χ3v) is 3.43. The van der Waals surface area contributed by atoms with E-state index < -0.39 is 0 Å². The van der Waals surface area contributed by atoms with Crippen molar-refractivity contribution in [3.63, 3.8) is 0 Å². The van der Waals surface area contributed by atoms with Gasteiger partial charge >= 0.3 is 0 Å². The van der Waals surface area contributed by atoms with E-state index in [1.165, 1.54) is 11.1 Å². The summed E-state index contributed by atoms with van der Waals surface area (Å²) in [5.74, 6) is 1.10. The minimum absolute atomic E-state index is 0.405. The second-order valence-electron chi connectivity index (χ2n) is 3.39. The van der Waals surface area contributed by atoms with Crippen molar-refractivity contribution >= 4 is 22.6 Å². The van der Waals surface area contributed by atoms with E-state index in [9.17, 15) is 0 Å². The van der Waals surface area contributed by atoms with Gasteiger partial charge in [-0.1, -0.05) is 41.6 Å². The molecule has 1 nitrogen and oxygen atoms in total. The van der Waals surface area contributed by atoms with Crippen LogP contribution in [0.1, 0.15) is 18.1 Å². The summed E-state index contributed by atoms with van der Waals surface area (Å²) >= 11 is 2.38. The molecule has 70 valence electrons. The molecule has 0 aromatic heterocycles. The molecule has 0 saturated heterocycles. The molecule has 1 aliphatic rings. The number of hydrogen-bond donors (Lipinski definition) is 0. The van der Waals surface area contributed by atoms with Crippen molar-refractivity contribution in [2.24, 2.45) is 0 Å². The Morgan fingerprint density at radius 1 is 1.54 bits per heavy atom. The molecular weight excluding hydrogens is 275 g/mol. The Balaban J connectivity index is 2.25. The molecule has 1 aliphatic heterocycles. The fraction of sp³-hybridized carbons (Fsp3) is 0.455. The summed E-state index contributed by atoms with van der Waals surface area (Å²) in [5, 5.41) is 0. The Morgan fingerprint density at radius 2 is 2.38 bits per heavy atom. The zero-order valence-corrected chi connectivity index (χ0v) is 9.87. The van der Waals surface area contributed by atoms with Crippen molar-refractivity contribution in [1.82, 2.24) is 0 Å². The van der Waals surface area contributed by atoms with Gasteiger partial charge in [0.2, 0.25) is 0 Å². The van der Waals surface area contributed by atoms with Gasteiger partial charge in [-0.3, -0.25) is 0 Å².